The normalized spacial score (nSPS) is 10.3. The molecule has 6 nitrogen and oxygen atoms in total. The number of nitrogens with zero attached hydrogens (tertiary/aromatic N) is 2. The van der Waals surface area contributed by atoms with Crippen LogP contribution >= 0.6 is 0 Å². The number of aliphatic carboxylic acids is 1. The Labute approximate surface area is 99.3 Å². The molecule has 94 valence electrons. The van der Waals surface area contributed by atoms with Gasteiger partial charge in [-0.15, -0.1) is 0 Å². The molecule has 0 bridgehead atoms. The molecule has 0 saturated carbocycles. The summed E-state index contributed by atoms with van der Waals surface area (Å²) < 4.78 is 0. The molecule has 0 amide bonds. The molecule has 0 aliphatic carbocycles. The van der Waals surface area contributed by atoms with Gasteiger partial charge in [0, 0.05) is 18.7 Å². The number of carboxylic acid groups (broad SMARTS) is 1. The summed E-state index contributed by atoms with van der Waals surface area (Å²) in [6.07, 6.45) is -0.299. The highest BCUT2D eigenvalue weighted by Gasteiger charge is 2.13. The molecule has 1 aromatic rings. The monoisotopic (exact) mass is 239 g/mol. The first-order valence-corrected chi connectivity index (χ1v) is 5.56. The number of nitrogens with one attached hydrogen (secondary N) is 1. The Balaban J connectivity index is 3.17. The Morgan fingerprint density at radius 3 is 2.41 bits per heavy atom. The quantitative estimate of drug-likeness (QED) is 0.783. The third-order valence-corrected chi connectivity index (χ3v) is 2.60. The van der Waals surface area contributed by atoms with Crippen molar-refractivity contribution in [1.29, 1.82) is 0 Å². The second-order valence-electron chi connectivity index (χ2n) is 3.70. The van der Waals surface area contributed by atoms with E-state index in [9.17, 15) is 9.59 Å². The van der Waals surface area contributed by atoms with Crippen molar-refractivity contribution >= 4 is 11.9 Å². The molecular weight excluding hydrogens is 222 g/mol. The van der Waals surface area contributed by atoms with Crippen molar-refractivity contribution in [2.45, 2.75) is 27.2 Å². The number of aryl methyl sites for hydroxylation is 1. The average Bonchev–Trinajstić information content (AvgIpc) is 2.25. The SMILES string of the molecule is CCN(CC)c1nc(C)c(CC(=O)O)c(=O)[nH]1. The molecule has 0 saturated heterocycles. The molecule has 0 atom stereocenters. The number of aromatic amines is 1. The first-order chi connectivity index (χ1) is 7.99. The van der Waals surface area contributed by atoms with Crippen LogP contribution in [0.25, 0.3) is 0 Å². The van der Waals surface area contributed by atoms with Crippen molar-refractivity contribution in [3.8, 4) is 0 Å². The van der Waals surface area contributed by atoms with Gasteiger partial charge in [-0.2, -0.15) is 0 Å². The molecule has 17 heavy (non-hydrogen) atoms. The predicted molar refractivity (Wildman–Crippen MR) is 64.5 cm³/mol. The van der Waals surface area contributed by atoms with Gasteiger partial charge in [-0.1, -0.05) is 0 Å². The fraction of sp³-hybridized carbons (Fsp3) is 0.545. The Hall–Kier alpha value is -1.85. The average molecular weight is 239 g/mol. The van der Waals surface area contributed by atoms with E-state index in [1.165, 1.54) is 0 Å². The van der Waals surface area contributed by atoms with Crippen LogP contribution in [0, 0.1) is 6.92 Å². The van der Waals surface area contributed by atoms with Crippen LogP contribution < -0.4 is 10.5 Å². The minimum Gasteiger partial charge on any atom is -0.481 e. The van der Waals surface area contributed by atoms with E-state index < -0.39 is 5.97 Å². The van der Waals surface area contributed by atoms with Gasteiger partial charge in [-0.3, -0.25) is 14.6 Å². The summed E-state index contributed by atoms with van der Waals surface area (Å²) in [7, 11) is 0. The van der Waals surface area contributed by atoms with Gasteiger partial charge in [-0.05, 0) is 20.8 Å². The van der Waals surface area contributed by atoms with Crippen molar-refractivity contribution in [2.24, 2.45) is 0 Å². The second kappa shape index (κ2) is 5.47. The maximum Gasteiger partial charge on any atom is 0.308 e. The van der Waals surface area contributed by atoms with Crippen LogP contribution in [0.3, 0.4) is 0 Å². The summed E-state index contributed by atoms with van der Waals surface area (Å²) in [5.74, 6) is -0.539. The van der Waals surface area contributed by atoms with Gasteiger partial charge >= 0.3 is 5.97 Å². The number of anilines is 1. The zero-order valence-corrected chi connectivity index (χ0v) is 10.3. The molecule has 1 aromatic heterocycles. The lowest BCUT2D eigenvalue weighted by Crippen LogP contribution is -2.29. The zero-order valence-electron chi connectivity index (χ0n) is 10.3. The van der Waals surface area contributed by atoms with Crippen LogP contribution in [-0.4, -0.2) is 34.1 Å². The number of carbonyl (C=O) groups is 1. The van der Waals surface area contributed by atoms with E-state index >= 15 is 0 Å². The highest BCUT2D eigenvalue weighted by atomic mass is 16.4. The molecule has 0 unspecified atom stereocenters. The minimum absolute atomic E-state index is 0.216. The Morgan fingerprint density at radius 1 is 1.41 bits per heavy atom. The Kier molecular flexibility index (Phi) is 4.25. The first kappa shape index (κ1) is 13.2. The zero-order chi connectivity index (χ0) is 13.0. The molecule has 0 aromatic carbocycles. The predicted octanol–water partition coefficient (Wildman–Crippen LogP) is 0.552. The fourth-order valence-corrected chi connectivity index (χ4v) is 1.63. The van der Waals surface area contributed by atoms with Gasteiger partial charge in [0.1, 0.15) is 0 Å². The largest absolute Gasteiger partial charge is 0.481 e. The van der Waals surface area contributed by atoms with Gasteiger partial charge in [0.25, 0.3) is 5.56 Å². The van der Waals surface area contributed by atoms with Crippen molar-refractivity contribution in [2.75, 3.05) is 18.0 Å². The smallest absolute Gasteiger partial charge is 0.308 e. The van der Waals surface area contributed by atoms with Crippen molar-refractivity contribution < 1.29 is 9.90 Å². The van der Waals surface area contributed by atoms with Crippen LogP contribution in [0.5, 0.6) is 0 Å². The number of rotatable bonds is 5. The minimum atomic E-state index is -1.03. The highest BCUT2D eigenvalue weighted by Crippen LogP contribution is 2.08. The fourth-order valence-electron chi connectivity index (χ4n) is 1.63. The standard InChI is InChI=1S/C11H17N3O3/c1-4-14(5-2)11-12-7(3)8(6-9(15)16)10(17)13-11/h4-6H2,1-3H3,(H,15,16)(H,12,13,17). The van der Waals surface area contributed by atoms with Gasteiger partial charge in [0.15, 0.2) is 0 Å². The third-order valence-electron chi connectivity index (χ3n) is 2.60. The van der Waals surface area contributed by atoms with E-state index in [-0.39, 0.29) is 17.5 Å². The maximum atomic E-state index is 11.7. The number of hydrogen-bond donors (Lipinski definition) is 2. The lowest BCUT2D eigenvalue weighted by Gasteiger charge is -2.19. The van der Waals surface area contributed by atoms with Gasteiger partial charge in [-0.25, -0.2) is 4.98 Å². The summed E-state index contributed by atoms with van der Waals surface area (Å²) >= 11 is 0. The van der Waals surface area contributed by atoms with Gasteiger partial charge < -0.3 is 10.0 Å². The molecule has 0 radical (unpaired) electrons. The van der Waals surface area contributed by atoms with Crippen molar-refractivity contribution in [1.82, 2.24) is 9.97 Å². The molecular formula is C11H17N3O3. The van der Waals surface area contributed by atoms with Gasteiger partial charge in [0.05, 0.1) is 12.1 Å². The molecule has 0 spiro atoms. The highest BCUT2D eigenvalue weighted by molar-refractivity contribution is 5.70. The van der Waals surface area contributed by atoms with Crippen LogP contribution in [-0.2, 0) is 11.2 Å². The summed E-state index contributed by atoms with van der Waals surface area (Å²) in [6, 6.07) is 0. The first-order valence-electron chi connectivity index (χ1n) is 5.56. The molecule has 0 aliphatic rings. The Bertz CT molecular complexity index is 464. The lowest BCUT2D eigenvalue weighted by molar-refractivity contribution is -0.136. The summed E-state index contributed by atoms with van der Waals surface area (Å²) in [5.41, 5.74) is 0.313. The van der Waals surface area contributed by atoms with Crippen LogP contribution in [0.4, 0.5) is 5.95 Å². The number of H-pyrrole nitrogens is 1. The number of aromatic nitrogens is 2. The second-order valence-corrected chi connectivity index (χ2v) is 3.70. The number of hydrogen-bond acceptors (Lipinski definition) is 4. The van der Waals surface area contributed by atoms with Crippen LogP contribution in [0.1, 0.15) is 25.1 Å². The Morgan fingerprint density at radius 2 is 2.00 bits per heavy atom. The van der Waals surface area contributed by atoms with E-state index in [1.807, 2.05) is 18.7 Å². The summed E-state index contributed by atoms with van der Waals surface area (Å²) in [6.45, 7) is 7.04. The summed E-state index contributed by atoms with van der Waals surface area (Å²) in [5, 5.41) is 8.70. The molecule has 0 aliphatic heterocycles. The van der Waals surface area contributed by atoms with E-state index in [0.29, 0.717) is 11.6 Å². The van der Waals surface area contributed by atoms with Gasteiger partial charge in [0.2, 0.25) is 5.95 Å². The molecule has 1 heterocycles. The molecule has 6 heteroatoms. The van der Waals surface area contributed by atoms with Crippen LogP contribution in [0.15, 0.2) is 4.79 Å². The van der Waals surface area contributed by atoms with Crippen molar-refractivity contribution in [3.05, 3.63) is 21.6 Å². The maximum absolute atomic E-state index is 11.7. The number of carboxylic acids is 1. The third kappa shape index (κ3) is 3.05. The van der Waals surface area contributed by atoms with Crippen LogP contribution in [0.2, 0.25) is 0 Å². The topological polar surface area (TPSA) is 86.3 Å². The molecule has 0 fully saturated rings. The van der Waals surface area contributed by atoms with E-state index in [4.69, 9.17) is 5.11 Å². The lowest BCUT2D eigenvalue weighted by atomic mass is 10.2. The van der Waals surface area contributed by atoms with Crippen molar-refractivity contribution in [3.63, 3.8) is 0 Å². The van der Waals surface area contributed by atoms with E-state index in [0.717, 1.165) is 13.1 Å². The van der Waals surface area contributed by atoms with E-state index in [1.54, 1.807) is 6.92 Å². The van der Waals surface area contributed by atoms with E-state index in [2.05, 4.69) is 9.97 Å². The summed E-state index contributed by atoms with van der Waals surface area (Å²) in [4.78, 5) is 31.1. The molecule has 2 N–H and O–H groups in total. The molecule has 1 rings (SSSR count).